The summed E-state index contributed by atoms with van der Waals surface area (Å²) in [6.07, 6.45) is 1.36. The molecule has 7 heteroatoms. The molecular formula is C22H20N4O3. The SMILES string of the molecule is Cc1ccc2cc(-c3noc(CCCC(=O)Nc4ccccc4)n3)c(=O)[nH]c2c1. The number of aromatic amines is 1. The predicted octanol–water partition coefficient (Wildman–Crippen LogP) is 3.85. The first-order valence-electron chi connectivity index (χ1n) is 9.40. The van der Waals surface area contributed by atoms with Crippen molar-refractivity contribution in [1.29, 1.82) is 0 Å². The highest BCUT2D eigenvalue weighted by Crippen LogP contribution is 2.19. The molecule has 0 fully saturated rings. The molecule has 0 unspecified atom stereocenters. The van der Waals surface area contributed by atoms with Crippen LogP contribution in [0.5, 0.6) is 0 Å². The molecule has 2 aromatic carbocycles. The Balaban J connectivity index is 1.40. The lowest BCUT2D eigenvalue weighted by atomic mass is 10.1. The van der Waals surface area contributed by atoms with Gasteiger partial charge in [-0.15, -0.1) is 0 Å². The number of H-pyrrole nitrogens is 1. The first-order chi connectivity index (χ1) is 14.1. The summed E-state index contributed by atoms with van der Waals surface area (Å²) in [5.74, 6) is 0.575. The fraction of sp³-hybridized carbons (Fsp3) is 0.182. The fourth-order valence-electron chi connectivity index (χ4n) is 3.09. The molecule has 29 heavy (non-hydrogen) atoms. The highest BCUT2D eigenvalue weighted by atomic mass is 16.5. The number of carbonyl (C=O) groups excluding carboxylic acids is 1. The number of aromatic nitrogens is 3. The maximum Gasteiger partial charge on any atom is 0.259 e. The van der Waals surface area contributed by atoms with E-state index >= 15 is 0 Å². The first-order valence-corrected chi connectivity index (χ1v) is 9.40. The Bertz CT molecular complexity index is 1210. The standard InChI is InChI=1S/C22H20N4O3/c1-14-10-11-15-13-17(22(28)24-18(15)12-14)21-25-20(29-26-21)9-5-8-19(27)23-16-6-3-2-4-7-16/h2-4,6-7,10-13H,5,8-9H2,1H3,(H,23,27)(H,24,28). The van der Waals surface area contributed by atoms with Crippen molar-refractivity contribution < 1.29 is 9.32 Å². The minimum Gasteiger partial charge on any atom is -0.339 e. The van der Waals surface area contributed by atoms with Crippen molar-refractivity contribution in [2.24, 2.45) is 0 Å². The van der Waals surface area contributed by atoms with Crippen molar-refractivity contribution in [2.45, 2.75) is 26.2 Å². The molecule has 0 aliphatic rings. The van der Waals surface area contributed by atoms with E-state index in [1.54, 1.807) is 6.07 Å². The third-order valence-corrected chi connectivity index (χ3v) is 4.56. The van der Waals surface area contributed by atoms with E-state index in [4.69, 9.17) is 4.52 Å². The number of rotatable bonds is 6. The third kappa shape index (κ3) is 4.40. The first kappa shape index (κ1) is 18.6. The van der Waals surface area contributed by atoms with Crippen LogP contribution in [0.25, 0.3) is 22.3 Å². The molecule has 7 nitrogen and oxygen atoms in total. The number of fused-ring (bicyclic) bond motifs is 1. The van der Waals surface area contributed by atoms with Crippen molar-refractivity contribution in [2.75, 3.05) is 5.32 Å². The molecular weight excluding hydrogens is 368 g/mol. The molecule has 0 bridgehead atoms. The second-order valence-electron chi connectivity index (χ2n) is 6.88. The van der Waals surface area contributed by atoms with Gasteiger partial charge < -0.3 is 14.8 Å². The molecule has 2 aromatic heterocycles. The molecule has 146 valence electrons. The van der Waals surface area contributed by atoms with Crippen LogP contribution >= 0.6 is 0 Å². The zero-order valence-corrected chi connectivity index (χ0v) is 15.9. The van der Waals surface area contributed by atoms with Crippen LogP contribution in [0.1, 0.15) is 24.3 Å². The number of nitrogens with zero attached hydrogens (tertiary/aromatic N) is 2. The minimum absolute atomic E-state index is 0.0720. The zero-order valence-electron chi connectivity index (χ0n) is 15.9. The van der Waals surface area contributed by atoms with Gasteiger partial charge in [0.05, 0.1) is 5.56 Å². The van der Waals surface area contributed by atoms with Crippen LogP contribution in [0, 0.1) is 6.92 Å². The number of carbonyl (C=O) groups is 1. The van der Waals surface area contributed by atoms with E-state index in [-0.39, 0.29) is 17.3 Å². The summed E-state index contributed by atoms with van der Waals surface area (Å²) in [6.45, 7) is 1.97. The van der Waals surface area contributed by atoms with E-state index in [0.717, 1.165) is 22.2 Å². The van der Waals surface area contributed by atoms with Crippen LogP contribution in [0.2, 0.25) is 0 Å². The van der Waals surface area contributed by atoms with Crippen LogP contribution in [0.15, 0.2) is 63.9 Å². The minimum atomic E-state index is -0.266. The smallest absolute Gasteiger partial charge is 0.259 e. The van der Waals surface area contributed by atoms with E-state index in [0.29, 0.717) is 30.7 Å². The summed E-state index contributed by atoms with van der Waals surface area (Å²) >= 11 is 0. The fourth-order valence-corrected chi connectivity index (χ4v) is 3.09. The van der Waals surface area contributed by atoms with Crippen LogP contribution in [0.3, 0.4) is 0 Å². The van der Waals surface area contributed by atoms with Crippen molar-refractivity contribution in [1.82, 2.24) is 15.1 Å². The Morgan fingerprint density at radius 2 is 1.97 bits per heavy atom. The molecule has 0 aliphatic heterocycles. The highest BCUT2D eigenvalue weighted by Gasteiger charge is 2.14. The Kier molecular flexibility index (Phi) is 5.20. The molecule has 4 rings (SSSR count). The average molecular weight is 388 g/mol. The van der Waals surface area contributed by atoms with Gasteiger partial charge >= 0.3 is 0 Å². The quantitative estimate of drug-likeness (QED) is 0.522. The van der Waals surface area contributed by atoms with Crippen molar-refractivity contribution in [3.63, 3.8) is 0 Å². The van der Waals surface area contributed by atoms with Crippen LogP contribution in [-0.2, 0) is 11.2 Å². The second kappa shape index (κ2) is 8.10. The number of amides is 1. The average Bonchev–Trinajstić information content (AvgIpc) is 3.17. The second-order valence-corrected chi connectivity index (χ2v) is 6.88. The summed E-state index contributed by atoms with van der Waals surface area (Å²) in [6, 6.07) is 16.9. The molecule has 0 radical (unpaired) electrons. The normalized spacial score (nSPS) is 10.9. The predicted molar refractivity (Wildman–Crippen MR) is 111 cm³/mol. The molecule has 1 amide bonds. The Hall–Kier alpha value is -3.74. The third-order valence-electron chi connectivity index (χ3n) is 4.56. The summed E-state index contributed by atoms with van der Waals surface area (Å²) in [5, 5.41) is 7.66. The summed E-state index contributed by atoms with van der Waals surface area (Å²) in [4.78, 5) is 31.6. The highest BCUT2D eigenvalue weighted by molar-refractivity contribution is 5.90. The molecule has 2 heterocycles. The van der Waals surface area contributed by atoms with Crippen molar-refractivity contribution in [3.05, 3.63) is 76.4 Å². The van der Waals surface area contributed by atoms with Gasteiger partial charge in [0.15, 0.2) is 0 Å². The number of benzene rings is 2. The van der Waals surface area contributed by atoms with Gasteiger partial charge in [0.2, 0.25) is 17.6 Å². The van der Waals surface area contributed by atoms with Gasteiger partial charge in [0, 0.05) is 24.0 Å². The zero-order chi connectivity index (χ0) is 20.2. The maximum absolute atomic E-state index is 12.4. The molecule has 0 saturated heterocycles. The number of hydrogen-bond donors (Lipinski definition) is 2. The van der Waals surface area contributed by atoms with E-state index in [1.165, 1.54) is 0 Å². The van der Waals surface area contributed by atoms with Crippen LogP contribution < -0.4 is 10.9 Å². The van der Waals surface area contributed by atoms with Gasteiger partial charge in [0.1, 0.15) is 0 Å². The van der Waals surface area contributed by atoms with Gasteiger partial charge in [-0.3, -0.25) is 9.59 Å². The van der Waals surface area contributed by atoms with Gasteiger partial charge in [-0.05, 0) is 48.6 Å². The molecule has 0 saturated carbocycles. The summed E-state index contributed by atoms with van der Waals surface area (Å²) < 4.78 is 5.26. The van der Waals surface area contributed by atoms with E-state index in [2.05, 4.69) is 20.4 Å². The monoisotopic (exact) mass is 388 g/mol. The lowest BCUT2D eigenvalue weighted by molar-refractivity contribution is -0.116. The van der Waals surface area contributed by atoms with Gasteiger partial charge in [-0.1, -0.05) is 35.5 Å². The van der Waals surface area contributed by atoms with Gasteiger partial charge in [-0.2, -0.15) is 4.98 Å². The largest absolute Gasteiger partial charge is 0.339 e. The maximum atomic E-state index is 12.4. The van der Waals surface area contributed by atoms with Crippen molar-refractivity contribution >= 4 is 22.5 Å². The van der Waals surface area contributed by atoms with E-state index in [1.807, 2.05) is 55.5 Å². The topological polar surface area (TPSA) is 101 Å². The van der Waals surface area contributed by atoms with Gasteiger partial charge in [-0.25, -0.2) is 0 Å². The summed E-state index contributed by atoms with van der Waals surface area (Å²) in [5.41, 5.74) is 2.70. The Morgan fingerprint density at radius 1 is 1.14 bits per heavy atom. The van der Waals surface area contributed by atoms with E-state index in [9.17, 15) is 9.59 Å². The number of hydrogen-bond acceptors (Lipinski definition) is 5. The molecule has 2 N–H and O–H groups in total. The lowest BCUT2D eigenvalue weighted by Crippen LogP contribution is -2.11. The van der Waals surface area contributed by atoms with Crippen LogP contribution in [0.4, 0.5) is 5.69 Å². The number of nitrogens with one attached hydrogen (secondary N) is 2. The molecule has 4 aromatic rings. The molecule has 0 aliphatic carbocycles. The van der Waals surface area contributed by atoms with Gasteiger partial charge in [0.25, 0.3) is 5.56 Å². The lowest BCUT2D eigenvalue weighted by Gasteiger charge is -2.03. The number of pyridine rings is 1. The van der Waals surface area contributed by atoms with Crippen molar-refractivity contribution in [3.8, 4) is 11.4 Å². The number of aryl methyl sites for hydroxylation is 2. The summed E-state index contributed by atoms with van der Waals surface area (Å²) in [7, 11) is 0. The number of anilines is 1. The number of para-hydroxylation sites is 1. The molecule has 0 spiro atoms. The van der Waals surface area contributed by atoms with E-state index < -0.39 is 0 Å². The molecule has 0 atom stereocenters. The van der Waals surface area contributed by atoms with Crippen LogP contribution in [-0.4, -0.2) is 21.0 Å². The Labute approximate surface area is 166 Å². The Morgan fingerprint density at radius 3 is 2.79 bits per heavy atom.